The quantitative estimate of drug-likeness (QED) is 0.795. The van der Waals surface area contributed by atoms with Crippen LogP contribution in [0.3, 0.4) is 0 Å². The molecule has 1 aliphatic carbocycles. The monoisotopic (exact) mass is 308 g/mol. The first-order valence-corrected chi connectivity index (χ1v) is 7.53. The van der Waals surface area contributed by atoms with E-state index in [9.17, 15) is 0 Å². The van der Waals surface area contributed by atoms with Gasteiger partial charge >= 0.3 is 0 Å². The first-order valence-electron chi connectivity index (χ1n) is 5.84. The van der Waals surface area contributed by atoms with Crippen LogP contribution in [-0.4, -0.2) is 9.36 Å². The zero-order valence-electron chi connectivity index (χ0n) is 9.34. The average molecular weight is 309 g/mol. The maximum absolute atomic E-state index is 4.62. The van der Waals surface area contributed by atoms with E-state index in [4.69, 9.17) is 0 Å². The molecule has 0 aliphatic heterocycles. The van der Waals surface area contributed by atoms with E-state index in [1.807, 2.05) is 6.07 Å². The molecule has 1 heterocycles. The van der Waals surface area contributed by atoms with Gasteiger partial charge in [-0.05, 0) is 29.9 Å². The van der Waals surface area contributed by atoms with Gasteiger partial charge in [0, 0.05) is 17.2 Å². The van der Waals surface area contributed by atoms with E-state index in [2.05, 4.69) is 49.6 Å². The van der Waals surface area contributed by atoms with E-state index in [1.165, 1.54) is 18.4 Å². The molecule has 3 rings (SSSR count). The molecule has 1 aromatic heterocycles. The van der Waals surface area contributed by atoms with Crippen molar-refractivity contribution in [1.29, 1.82) is 0 Å². The van der Waals surface area contributed by atoms with Crippen LogP contribution >= 0.6 is 27.5 Å². The number of aromatic nitrogens is 2. The second-order valence-electron chi connectivity index (χ2n) is 4.40. The minimum Gasteiger partial charge on any atom is -0.224 e. The Morgan fingerprint density at radius 3 is 2.76 bits per heavy atom. The van der Waals surface area contributed by atoms with E-state index >= 15 is 0 Å². The maximum atomic E-state index is 4.62. The van der Waals surface area contributed by atoms with Crippen LogP contribution in [0, 0.1) is 0 Å². The highest BCUT2D eigenvalue weighted by Crippen LogP contribution is 2.39. The lowest BCUT2D eigenvalue weighted by molar-refractivity contribution is 0.899. The third-order valence-corrected chi connectivity index (χ3v) is 4.54. The Morgan fingerprint density at radius 2 is 2.06 bits per heavy atom. The standard InChI is InChI=1S/C13H13BrN2S/c14-11(9-4-2-1-3-5-9)8-12-15-13(16-17-12)10-6-7-10/h1-5,10-11H,6-8H2. The predicted molar refractivity (Wildman–Crippen MR) is 73.7 cm³/mol. The van der Waals surface area contributed by atoms with Crippen molar-refractivity contribution >= 4 is 27.5 Å². The summed E-state index contributed by atoms with van der Waals surface area (Å²) in [6.07, 6.45) is 3.47. The first kappa shape index (κ1) is 11.4. The van der Waals surface area contributed by atoms with Crippen molar-refractivity contribution < 1.29 is 0 Å². The molecule has 1 atom stereocenters. The molecule has 0 amide bonds. The van der Waals surface area contributed by atoms with Crippen LogP contribution in [0.5, 0.6) is 0 Å². The topological polar surface area (TPSA) is 25.8 Å². The molecule has 2 aromatic rings. The summed E-state index contributed by atoms with van der Waals surface area (Å²) in [4.78, 5) is 4.95. The molecular formula is C13H13BrN2S. The lowest BCUT2D eigenvalue weighted by Gasteiger charge is -2.06. The second kappa shape index (κ2) is 4.86. The minimum absolute atomic E-state index is 0.337. The third kappa shape index (κ3) is 2.75. The molecule has 2 nitrogen and oxygen atoms in total. The van der Waals surface area contributed by atoms with Crippen molar-refractivity contribution in [2.24, 2.45) is 0 Å². The summed E-state index contributed by atoms with van der Waals surface area (Å²) in [5.41, 5.74) is 1.30. The molecule has 0 N–H and O–H groups in total. The molecule has 88 valence electrons. The van der Waals surface area contributed by atoms with Gasteiger partial charge in [-0.2, -0.15) is 4.37 Å². The van der Waals surface area contributed by atoms with Gasteiger partial charge in [-0.3, -0.25) is 0 Å². The molecule has 1 fully saturated rings. The van der Waals surface area contributed by atoms with Crippen molar-refractivity contribution in [2.45, 2.75) is 30.0 Å². The van der Waals surface area contributed by atoms with Crippen LogP contribution in [0.1, 0.15) is 40.0 Å². The van der Waals surface area contributed by atoms with E-state index in [1.54, 1.807) is 11.5 Å². The third-order valence-electron chi connectivity index (χ3n) is 2.94. The van der Waals surface area contributed by atoms with Crippen LogP contribution in [0.2, 0.25) is 0 Å². The van der Waals surface area contributed by atoms with E-state index < -0.39 is 0 Å². The SMILES string of the molecule is BrC(Cc1nc(C2CC2)ns1)c1ccccc1. The Balaban J connectivity index is 1.69. The predicted octanol–water partition coefficient (Wildman–Crippen LogP) is 4.09. The molecule has 0 bridgehead atoms. The zero-order valence-corrected chi connectivity index (χ0v) is 11.7. The van der Waals surface area contributed by atoms with Gasteiger partial charge < -0.3 is 0 Å². The highest BCUT2D eigenvalue weighted by molar-refractivity contribution is 9.09. The van der Waals surface area contributed by atoms with Gasteiger partial charge in [0.15, 0.2) is 0 Å². The Bertz CT molecular complexity index is 493. The lowest BCUT2D eigenvalue weighted by atomic mass is 10.1. The normalized spacial score (nSPS) is 17.0. The Labute approximate surface area is 113 Å². The summed E-state index contributed by atoms with van der Waals surface area (Å²) < 4.78 is 4.43. The van der Waals surface area contributed by atoms with Crippen LogP contribution in [0.15, 0.2) is 30.3 Å². The summed E-state index contributed by atoms with van der Waals surface area (Å²) >= 11 is 5.27. The number of halogens is 1. The van der Waals surface area contributed by atoms with Crippen molar-refractivity contribution in [3.63, 3.8) is 0 Å². The molecule has 1 aliphatic rings. The molecule has 0 saturated heterocycles. The Kier molecular flexibility index (Phi) is 3.25. The first-order chi connectivity index (χ1) is 8.33. The van der Waals surface area contributed by atoms with Gasteiger partial charge in [-0.1, -0.05) is 46.3 Å². The maximum Gasteiger partial charge on any atom is 0.145 e. The number of nitrogens with zero attached hydrogens (tertiary/aromatic N) is 2. The number of hydrogen-bond acceptors (Lipinski definition) is 3. The number of rotatable bonds is 4. The molecule has 0 spiro atoms. The van der Waals surface area contributed by atoms with Gasteiger partial charge in [0.25, 0.3) is 0 Å². The molecular weight excluding hydrogens is 296 g/mol. The van der Waals surface area contributed by atoms with Crippen molar-refractivity contribution in [2.75, 3.05) is 0 Å². The fraction of sp³-hybridized carbons (Fsp3) is 0.385. The molecule has 0 radical (unpaired) electrons. The van der Waals surface area contributed by atoms with Crippen molar-refractivity contribution in [1.82, 2.24) is 9.36 Å². The smallest absolute Gasteiger partial charge is 0.145 e. The molecule has 17 heavy (non-hydrogen) atoms. The lowest BCUT2D eigenvalue weighted by Crippen LogP contribution is -1.95. The summed E-state index contributed by atoms with van der Waals surface area (Å²) in [6, 6.07) is 10.5. The molecule has 1 aromatic carbocycles. The fourth-order valence-electron chi connectivity index (χ4n) is 1.79. The van der Waals surface area contributed by atoms with Crippen LogP contribution in [-0.2, 0) is 6.42 Å². The van der Waals surface area contributed by atoms with Gasteiger partial charge in [-0.15, -0.1) is 0 Å². The minimum atomic E-state index is 0.337. The van der Waals surface area contributed by atoms with Crippen molar-refractivity contribution in [3.8, 4) is 0 Å². The van der Waals surface area contributed by atoms with Crippen LogP contribution in [0.25, 0.3) is 0 Å². The van der Waals surface area contributed by atoms with E-state index in [-0.39, 0.29) is 0 Å². The van der Waals surface area contributed by atoms with E-state index in [0.29, 0.717) is 10.7 Å². The Morgan fingerprint density at radius 1 is 1.29 bits per heavy atom. The van der Waals surface area contributed by atoms with Crippen LogP contribution in [0.4, 0.5) is 0 Å². The summed E-state index contributed by atoms with van der Waals surface area (Å²) in [7, 11) is 0. The highest BCUT2D eigenvalue weighted by atomic mass is 79.9. The van der Waals surface area contributed by atoms with E-state index in [0.717, 1.165) is 17.3 Å². The van der Waals surface area contributed by atoms with Crippen LogP contribution < -0.4 is 0 Å². The van der Waals surface area contributed by atoms with Gasteiger partial charge in [0.1, 0.15) is 10.8 Å². The molecule has 1 unspecified atom stereocenters. The van der Waals surface area contributed by atoms with Crippen molar-refractivity contribution in [3.05, 3.63) is 46.7 Å². The second-order valence-corrected chi connectivity index (χ2v) is 6.34. The van der Waals surface area contributed by atoms with Gasteiger partial charge in [0.05, 0.1) is 0 Å². The Hall–Kier alpha value is -0.740. The van der Waals surface area contributed by atoms with Gasteiger partial charge in [0.2, 0.25) is 0 Å². The molecule has 1 saturated carbocycles. The number of benzene rings is 1. The number of alkyl halides is 1. The zero-order chi connectivity index (χ0) is 11.7. The summed E-state index contributed by atoms with van der Waals surface area (Å²) in [6.45, 7) is 0. The molecule has 4 heteroatoms. The number of hydrogen-bond donors (Lipinski definition) is 0. The highest BCUT2D eigenvalue weighted by Gasteiger charge is 2.28. The largest absolute Gasteiger partial charge is 0.224 e. The average Bonchev–Trinajstić information content (AvgIpc) is 3.12. The fourth-order valence-corrected chi connectivity index (χ4v) is 3.38. The summed E-state index contributed by atoms with van der Waals surface area (Å²) in [5.74, 6) is 1.73. The summed E-state index contributed by atoms with van der Waals surface area (Å²) in [5, 5.41) is 1.14. The van der Waals surface area contributed by atoms with Gasteiger partial charge in [-0.25, -0.2) is 4.98 Å².